The molecule has 0 saturated carbocycles. The maximum Gasteiger partial charge on any atom is 0.293 e. The molecule has 0 atom stereocenters. The fourth-order valence-corrected chi connectivity index (χ4v) is 3.64. The van der Waals surface area contributed by atoms with Crippen molar-refractivity contribution in [3.63, 3.8) is 0 Å². The molecule has 0 bridgehead atoms. The SMILES string of the molecule is Nc1nonc1-n1nnc(C(=O)NN=Cc2cccc(O)c2)c1CSc1ccc(Cl)cc1. The lowest BCUT2D eigenvalue weighted by Gasteiger charge is -2.06. The smallest absolute Gasteiger partial charge is 0.293 e. The standard InChI is InChI=1S/C19H15ClN8O3S/c20-12-4-6-14(7-5-12)32-10-15-16(23-27-28(15)18-17(21)25-31-26-18)19(30)24-22-9-11-2-1-3-13(29)8-11/h1-9,29H,10H2,(H2,21,25)(H,24,30). The first-order valence-electron chi connectivity index (χ1n) is 9.05. The van der Waals surface area contributed by atoms with Crippen LogP contribution in [0.5, 0.6) is 5.75 Å². The highest BCUT2D eigenvalue weighted by Gasteiger charge is 2.24. The Hall–Kier alpha value is -3.90. The predicted molar refractivity (Wildman–Crippen MR) is 118 cm³/mol. The average Bonchev–Trinajstić information content (AvgIpc) is 3.39. The van der Waals surface area contributed by atoms with Crippen molar-refractivity contribution in [2.75, 3.05) is 5.73 Å². The summed E-state index contributed by atoms with van der Waals surface area (Å²) < 4.78 is 5.94. The number of amides is 1. The zero-order chi connectivity index (χ0) is 22.5. The number of hydrazone groups is 1. The summed E-state index contributed by atoms with van der Waals surface area (Å²) in [4.78, 5) is 13.7. The van der Waals surface area contributed by atoms with Gasteiger partial charge in [0.05, 0.1) is 11.9 Å². The van der Waals surface area contributed by atoms with Crippen molar-refractivity contribution in [2.24, 2.45) is 5.10 Å². The fourth-order valence-electron chi connectivity index (χ4n) is 2.62. The second kappa shape index (κ2) is 9.49. The average molecular weight is 471 g/mol. The van der Waals surface area contributed by atoms with Crippen LogP contribution in [0, 0.1) is 0 Å². The number of benzene rings is 2. The highest BCUT2D eigenvalue weighted by atomic mass is 35.5. The number of hydrogen-bond donors (Lipinski definition) is 3. The Balaban J connectivity index is 1.57. The summed E-state index contributed by atoms with van der Waals surface area (Å²) in [5.74, 6) is -0.0779. The minimum Gasteiger partial charge on any atom is -0.508 e. The van der Waals surface area contributed by atoms with E-state index >= 15 is 0 Å². The van der Waals surface area contributed by atoms with Crippen molar-refractivity contribution in [3.05, 3.63) is 70.5 Å². The van der Waals surface area contributed by atoms with Crippen LogP contribution in [0.1, 0.15) is 21.7 Å². The first-order valence-corrected chi connectivity index (χ1v) is 10.4. The highest BCUT2D eigenvalue weighted by Crippen LogP contribution is 2.27. The quantitative estimate of drug-likeness (QED) is 0.210. The lowest BCUT2D eigenvalue weighted by molar-refractivity contribution is 0.0949. The van der Waals surface area contributed by atoms with Gasteiger partial charge < -0.3 is 10.8 Å². The summed E-state index contributed by atoms with van der Waals surface area (Å²) in [7, 11) is 0. The second-order valence-electron chi connectivity index (χ2n) is 6.31. The maximum absolute atomic E-state index is 12.7. The molecule has 0 aliphatic rings. The van der Waals surface area contributed by atoms with Gasteiger partial charge >= 0.3 is 0 Å². The number of nitrogens with zero attached hydrogens (tertiary/aromatic N) is 6. The molecule has 0 saturated heterocycles. The normalized spacial score (nSPS) is 11.2. The Morgan fingerprint density at radius 1 is 1.28 bits per heavy atom. The molecule has 162 valence electrons. The van der Waals surface area contributed by atoms with E-state index in [1.54, 1.807) is 24.3 Å². The third-order valence-corrected chi connectivity index (χ3v) is 5.39. The van der Waals surface area contributed by atoms with Gasteiger partial charge in [0.1, 0.15) is 5.75 Å². The number of carbonyl (C=O) groups excluding carboxylic acids is 1. The highest BCUT2D eigenvalue weighted by molar-refractivity contribution is 7.98. The van der Waals surface area contributed by atoms with E-state index in [-0.39, 0.29) is 23.1 Å². The van der Waals surface area contributed by atoms with Gasteiger partial charge in [0.25, 0.3) is 5.91 Å². The second-order valence-corrected chi connectivity index (χ2v) is 7.79. The lowest BCUT2D eigenvalue weighted by atomic mass is 10.2. The molecule has 13 heteroatoms. The number of aromatic nitrogens is 5. The van der Waals surface area contributed by atoms with Crippen LogP contribution in [0.4, 0.5) is 5.82 Å². The topological polar surface area (TPSA) is 157 Å². The van der Waals surface area contributed by atoms with E-state index in [0.29, 0.717) is 22.0 Å². The molecule has 0 spiro atoms. The Morgan fingerprint density at radius 2 is 2.09 bits per heavy atom. The van der Waals surface area contributed by atoms with Crippen LogP contribution >= 0.6 is 23.4 Å². The zero-order valence-corrected chi connectivity index (χ0v) is 17.8. The number of nitrogens with one attached hydrogen (secondary N) is 1. The first-order chi connectivity index (χ1) is 15.5. The molecular weight excluding hydrogens is 456 g/mol. The summed E-state index contributed by atoms with van der Waals surface area (Å²) in [5, 5.41) is 29.3. The van der Waals surface area contributed by atoms with E-state index in [1.165, 1.54) is 34.8 Å². The molecule has 0 unspecified atom stereocenters. The third kappa shape index (κ3) is 4.87. The minimum absolute atomic E-state index is 0.00140. The number of phenols is 1. The van der Waals surface area contributed by atoms with Crippen LogP contribution in [-0.4, -0.2) is 42.5 Å². The molecule has 2 aromatic carbocycles. The summed E-state index contributed by atoms with van der Waals surface area (Å²) in [5.41, 5.74) is 9.24. The van der Waals surface area contributed by atoms with Gasteiger partial charge in [0, 0.05) is 15.7 Å². The molecule has 4 N–H and O–H groups in total. The molecule has 1 amide bonds. The maximum atomic E-state index is 12.7. The van der Waals surface area contributed by atoms with Crippen molar-refractivity contribution >= 4 is 41.3 Å². The van der Waals surface area contributed by atoms with Crippen molar-refractivity contribution in [2.45, 2.75) is 10.6 Å². The number of phenolic OH excluding ortho intramolecular Hbond substituents is 1. The number of hydrogen-bond acceptors (Lipinski definition) is 10. The van der Waals surface area contributed by atoms with Crippen molar-refractivity contribution in [1.82, 2.24) is 30.7 Å². The van der Waals surface area contributed by atoms with Gasteiger partial charge in [-0.2, -0.15) is 9.78 Å². The van der Waals surface area contributed by atoms with Crippen LogP contribution in [0.2, 0.25) is 5.02 Å². The number of aromatic hydroxyl groups is 1. The van der Waals surface area contributed by atoms with Crippen molar-refractivity contribution in [1.29, 1.82) is 0 Å². The Labute approximate surface area is 190 Å². The third-order valence-electron chi connectivity index (χ3n) is 4.11. The van der Waals surface area contributed by atoms with E-state index in [2.05, 4.69) is 35.8 Å². The van der Waals surface area contributed by atoms with Gasteiger partial charge in [0.15, 0.2) is 5.69 Å². The van der Waals surface area contributed by atoms with Gasteiger partial charge in [0.2, 0.25) is 11.6 Å². The molecule has 2 aromatic heterocycles. The first kappa shape index (κ1) is 21.3. The Morgan fingerprint density at radius 3 is 2.81 bits per heavy atom. The monoisotopic (exact) mass is 470 g/mol. The van der Waals surface area contributed by atoms with Crippen LogP contribution in [0.3, 0.4) is 0 Å². The van der Waals surface area contributed by atoms with Crippen LogP contribution in [0.25, 0.3) is 5.82 Å². The lowest BCUT2D eigenvalue weighted by Crippen LogP contribution is -2.20. The van der Waals surface area contributed by atoms with E-state index in [0.717, 1.165) is 4.90 Å². The Bertz CT molecular complexity index is 1270. The number of nitrogen functional groups attached to an aromatic ring is 1. The molecule has 0 fully saturated rings. The number of thioether (sulfide) groups is 1. The molecule has 4 rings (SSSR count). The van der Waals surface area contributed by atoms with Gasteiger partial charge in [-0.1, -0.05) is 28.9 Å². The van der Waals surface area contributed by atoms with Gasteiger partial charge in [-0.05, 0) is 52.3 Å². The van der Waals surface area contributed by atoms with Crippen LogP contribution in [-0.2, 0) is 5.75 Å². The van der Waals surface area contributed by atoms with Crippen molar-refractivity contribution < 1.29 is 14.5 Å². The largest absolute Gasteiger partial charge is 0.508 e. The molecule has 2 heterocycles. The van der Waals surface area contributed by atoms with Crippen molar-refractivity contribution in [3.8, 4) is 11.6 Å². The number of anilines is 1. The molecule has 0 radical (unpaired) electrons. The summed E-state index contributed by atoms with van der Waals surface area (Å²) >= 11 is 7.37. The molecule has 32 heavy (non-hydrogen) atoms. The number of halogens is 1. The van der Waals surface area contributed by atoms with E-state index < -0.39 is 5.91 Å². The fraction of sp³-hybridized carbons (Fsp3) is 0.0526. The van der Waals surface area contributed by atoms with Crippen LogP contribution in [0.15, 0.2) is 63.2 Å². The molecule has 11 nitrogen and oxygen atoms in total. The summed E-state index contributed by atoms with van der Waals surface area (Å²) in [6.45, 7) is 0. The van der Waals surface area contributed by atoms with Gasteiger partial charge in [-0.15, -0.1) is 16.9 Å². The summed E-state index contributed by atoms with van der Waals surface area (Å²) in [6, 6.07) is 13.7. The molecule has 4 aromatic rings. The molecule has 0 aliphatic carbocycles. The van der Waals surface area contributed by atoms with Gasteiger partial charge in [-0.25, -0.2) is 10.1 Å². The minimum atomic E-state index is -0.589. The molecular formula is C19H15ClN8O3S. The number of nitrogens with two attached hydrogens (primary N) is 1. The van der Waals surface area contributed by atoms with E-state index in [9.17, 15) is 9.90 Å². The van der Waals surface area contributed by atoms with E-state index in [1.807, 2.05) is 12.1 Å². The van der Waals surface area contributed by atoms with Crippen LogP contribution < -0.4 is 11.2 Å². The molecule has 0 aliphatic heterocycles. The van der Waals surface area contributed by atoms with Gasteiger partial charge in [-0.3, -0.25) is 4.79 Å². The Kier molecular flexibility index (Phi) is 6.33. The predicted octanol–water partition coefficient (Wildman–Crippen LogP) is 2.65. The summed E-state index contributed by atoms with van der Waals surface area (Å²) in [6.07, 6.45) is 1.39. The van der Waals surface area contributed by atoms with E-state index in [4.69, 9.17) is 17.3 Å². The zero-order valence-electron chi connectivity index (χ0n) is 16.2. The number of rotatable bonds is 7. The number of carbonyl (C=O) groups is 1.